The van der Waals surface area contributed by atoms with E-state index in [2.05, 4.69) is 4.98 Å². The van der Waals surface area contributed by atoms with Gasteiger partial charge in [-0.3, -0.25) is 9.36 Å². The van der Waals surface area contributed by atoms with Crippen LogP contribution in [-0.4, -0.2) is 14.7 Å². The second-order valence-corrected chi connectivity index (χ2v) is 6.01. The number of rotatable bonds is 3. The standard InChI is InChI=1S/C13H11Cl3N2O2/c14-4-9-17-11-10(7(15)3-8(16)12(11)19)13(20)18(9)5-6-1-2-6/h3,6,19H,1-2,4-5H2. The van der Waals surface area contributed by atoms with Crippen molar-refractivity contribution in [2.75, 3.05) is 0 Å². The van der Waals surface area contributed by atoms with Crippen molar-refractivity contribution in [2.45, 2.75) is 25.3 Å². The second kappa shape index (κ2) is 5.10. The first kappa shape index (κ1) is 14.0. The minimum atomic E-state index is -0.283. The first-order valence-electron chi connectivity index (χ1n) is 6.19. The third-order valence-corrected chi connectivity index (χ3v) is 4.27. The monoisotopic (exact) mass is 332 g/mol. The van der Waals surface area contributed by atoms with Crippen LogP contribution in [-0.2, 0) is 12.4 Å². The summed E-state index contributed by atoms with van der Waals surface area (Å²) in [5.41, 5.74) is -0.176. The van der Waals surface area contributed by atoms with E-state index in [0.717, 1.165) is 12.8 Å². The minimum absolute atomic E-state index is 0.0647. The molecule has 4 nitrogen and oxygen atoms in total. The van der Waals surface area contributed by atoms with E-state index in [9.17, 15) is 9.90 Å². The Labute approximate surface area is 129 Å². The Hall–Kier alpha value is -0.970. The van der Waals surface area contributed by atoms with Crippen molar-refractivity contribution >= 4 is 45.7 Å². The summed E-state index contributed by atoms with van der Waals surface area (Å²) in [7, 11) is 0. The van der Waals surface area contributed by atoms with Gasteiger partial charge in [-0.1, -0.05) is 23.2 Å². The van der Waals surface area contributed by atoms with Gasteiger partial charge in [0, 0.05) is 6.54 Å². The number of phenolic OH excluding ortho intramolecular Hbond substituents is 1. The van der Waals surface area contributed by atoms with Crippen molar-refractivity contribution in [3.8, 4) is 5.75 Å². The zero-order valence-corrected chi connectivity index (χ0v) is 12.6. The smallest absolute Gasteiger partial charge is 0.263 e. The Morgan fingerprint density at radius 1 is 1.35 bits per heavy atom. The van der Waals surface area contributed by atoms with Crippen LogP contribution >= 0.6 is 34.8 Å². The lowest BCUT2D eigenvalue weighted by molar-refractivity contribution is 0.479. The van der Waals surface area contributed by atoms with Gasteiger partial charge in [-0.25, -0.2) is 4.98 Å². The number of hydrogen-bond donors (Lipinski definition) is 1. The molecule has 106 valence electrons. The molecule has 0 aliphatic heterocycles. The normalized spacial score (nSPS) is 14.9. The maximum atomic E-state index is 12.6. The van der Waals surface area contributed by atoms with Crippen LogP contribution in [0.2, 0.25) is 10.0 Å². The van der Waals surface area contributed by atoms with Crippen LogP contribution in [0.5, 0.6) is 5.75 Å². The topological polar surface area (TPSA) is 55.1 Å². The zero-order chi connectivity index (χ0) is 14.4. The highest BCUT2D eigenvalue weighted by Gasteiger charge is 2.25. The fourth-order valence-corrected chi connectivity index (χ4v) is 2.94. The van der Waals surface area contributed by atoms with Crippen molar-refractivity contribution in [2.24, 2.45) is 5.92 Å². The second-order valence-electron chi connectivity index (χ2n) is 4.93. The Morgan fingerprint density at radius 2 is 2.05 bits per heavy atom. The summed E-state index contributed by atoms with van der Waals surface area (Å²) in [5.74, 6) is 0.757. The number of nitrogens with zero attached hydrogens (tertiary/aromatic N) is 2. The SMILES string of the molecule is O=c1c2c(Cl)cc(Cl)c(O)c2nc(CCl)n1CC1CC1. The molecule has 1 N–H and O–H groups in total. The Bertz CT molecular complexity index is 754. The van der Waals surface area contributed by atoms with E-state index in [0.29, 0.717) is 18.3 Å². The average molecular weight is 334 g/mol. The number of benzene rings is 1. The lowest BCUT2D eigenvalue weighted by Crippen LogP contribution is -2.26. The van der Waals surface area contributed by atoms with Crippen molar-refractivity contribution in [1.82, 2.24) is 9.55 Å². The van der Waals surface area contributed by atoms with Gasteiger partial charge >= 0.3 is 0 Å². The molecule has 1 fully saturated rings. The third-order valence-electron chi connectivity index (χ3n) is 3.45. The van der Waals surface area contributed by atoms with Crippen molar-refractivity contribution < 1.29 is 5.11 Å². The van der Waals surface area contributed by atoms with Crippen LogP contribution in [0.25, 0.3) is 10.9 Å². The number of hydrogen-bond acceptors (Lipinski definition) is 3. The predicted octanol–water partition coefficient (Wildman–Crippen LogP) is 3.56. The van der Waals surface area contributed by atoms with E-state index >= 15 is 0 Å². The van der Waals surface area contributed by atoms with E-state index in [4.69, 9.17) is 34.8 Å². The summed E-state index contributed by atoms with van der Waals surface area (Å²) >= 11 is 17.8. The highest BCUT2D eigenvalue weighted by molar-refractivity contribution is 6.39. The number of alkyl halides is 1. The van der Waals surface area contributed by atoms with E-state index in [1.54, 1.807) is 4.57 Å². The summed E-state index contributed by atoms with van der Waals surface area (Å²) in [5, 5.41) is 10.4. The molecule has 2 aromatic rings. The molecule has 1 aliphatic rings. The lowest BCUT2D eigenvalue weighted by Gasteiger charge is -2.13. The lowest BCUT2D eigenvalue weighted by atomic mass is 10.2. The van der Waals surface area contributed by atoms with E-state index in [1.807, 2.05) is 0 Å². The number of aromatic nitrogens is 2. The molecule has 1 aromatic heterocycles. The van der Waals surface area contributed by atoms with E-state index < -0.39 is 0 Å². The maximum Gasteiger partial charge on any atom is 0.263 e. The number of fused-ring (bicyclic) bond motifs is 1. The molecule has 1 aromatic carbocycles. The number of phenols is 1. The summed E-state index contributed by atoms with van der Waals surface area (Å²) in [6.07, 6.45) is 2.21. The van der Waals surface area contributed by atoms with Crippen LogP contribution in [0.3, 0.4) is 0 Å². The fourth-order valence-electron chi connectivity index (χ4n) is 2.20. The quantitative estimate of drug-likeness (QED) is 0.874. The Balaban J connectivity index is 2.35. The molecule has 0 saturated heterocycles. The summed E-state index contributed by atoms with van der Waals surface area (Å²) in [6.45, 7) is 0.587. The number of halogens is 3. The van der Waals surface area contributed by atoms with Gasteiger partial charge in [0.1, 0.15) is 11.3 Å². The highest BCUT2D eigenvalue weighted by Crippen LogP contribution is 2.35. The molecule has 1 saturated carbocycles. The summed E-state index contributed by atoms with van der Waals surface area (Å²) < 4.78 is 1.55. The molecule has 1 heterocycles. The first-order valence-corrected chi connectivity index (χ1v) is 7.48. The van der Waals surface area contributed by atoms with Gasteiger partial charge in [0.05, 0.1) is 21.3 Å². The molecule has 0 atom stereocenters. The molecule has 1 aliphatic carbocycles. The predicted molar refractivity (Wildman–Crippen MR) is 80.0 cm³/mol. The van der Waals surface area contributed by atoms with Crippen molar-refractivity contribution in [3.05, 3.63) is 32.3 Å². The molecule has 3 rings (SSSR count). The van der Waals surface area contributed by atoms with Gasteiger partial charge in [0.25, 0.3) is 5.56 Å². The van der Waals surface area contributed by atoms with E-state index in [1.165, 1.54) is 6.07 Å². The molecule has 20 heavy (non-hydrogen) atoms. The fraction of sp³-hybridized carbons (Fsp3) is 0.385. The first-order chi connectivity index (χ1) is 9.52. The van der Waals surface area contributed by atoms with Crippen molar-refractivity contribution in [1.29, 1.82) is 0 Å². The average Bonchev–Trinajstić information content (AvgIpc) is 3.22. The van der Waals surface area contributed by atoms with Crippen LogP contribution in [0.4, 0.5) is 0 Å². The summed E-state index contributed by atoms with van der Waals surface area (Å²) in [6, 6.07) is 1.35. The van der Waals surface area contributed by atoms with Gasteiger partial charge in [0.2, 0.25) is 0 Å². The van der Waals surface area contributed by atoms with Gasteiger partial charge in [-0.05, 0) is 24.8 Å². The third kappa shape index (κ3) is 2.26. The summed E-state index contributed by atoms with van der Waals surface area (Å²) in [4.78, 5) is 16.9. The Morgan fingerprint density at radius 3 is 2.65 bits per heavy atom. The molecule has 7 heteroatoms. The molecular formula is C13H11Cl3N2O2. The van der Waals surface area contributed by atoms with Gasteiger partial charge in [-0.2, -0.15) is 0 Å². The number of aromatic hydroxyl groups is 1. The molecule has 0 amide bonds. The van der Waals surface area contributed by atoms with E-state index in [-0.39, 0.29) is 38.1 Å². The van der Waals surface area contributed by atoms with Crippen LogP contribution in [0.15, 0.2) is 10.9 Å². The maximum absolute atomic E-state index is 12.6. The van der Waals surface area contributed by atoms with Gasteiger partial charge in [-0.15, -0.1) is 11.6 Å². The molecule has 0 spiro atoms. The molecule has 0 bridgehead atoms. The van der Waals surface area contributed by atoms with Crippen molar-refractivity contribution in [3.63, 3.8) is 0 Å². The highest BCUT2D eigenvalue weighted by atomic mass is 35.5. The van der Waals surface area contributed by atoms with Crippen LogP contribution < -0.4 is 5.56 Å². The molecule has 0 unspecified atom stereocenters. The minimum Gasteiger partial charge on any atom is -0.504 e. The van der Waals surface area contributed by atoms with Gasteiger partial charge in [0.15, 0.2) is 5.75 Å². The largest absolute Gasteiger partial charge is 0.504 e. The van der Waals surface area contributed by atoms with Crippen LogP contribution in [0.1, 0.15) is 18.7 Å². The van der Waals surface area contributed by atoms with Crippen LogP contribution in [0, 0.1) is 5.92 Å². The Kier molecular flexibility index (Phi) is 3.56. The molecule has 0 radical (unpaired) electrons. The van der Waals surface area contributed by atoms with Gasteiger partial charge < -0.3 is 5.11 Å². The molecular weight excluding hydrogens is 323 g/mol. The zero-order valence-electron chi connectivity index (χ0n) is 10.4.